The number of likely N-dealkylation sites (N-methyl/N-ethyl adjacent to an activating group) is 1. The Hall–Kier alpha value is -0.320. The van der Waals surface area contributed by atoms with Crippen LogP contribution in [0.15, 0.2) is 18.2 Å². The van der Waals surface area contributed by atoms with Gasteiger partial charge in [0.2, 0.25) is 0 Å². The van der Waals surface area contributed by atoms with Crippen molar-refractivity contribution in [2.75, 3.05) is 26.9 Å². The molecule has 3 nitrogen and oxygen atoms in total. The Morgan fingerprint density at radius 3 is 2.78 bits per heavy atom. The van der Waals surface area contributed by atoms with E-state index >= 15 is 0 Å². The highest BCUT2D eigenvalue weighted by molar-refractivity contribution is 6.42. The number of rotatable bonds is 4. The molecular formula is C13H17Cl2NO2. The van der Waals surface area contributed by atoms with Gasteiger partial charge < -0.3 is 14.8 Å². The molecule has 0 radical (unpaired) electrons. The number of nitrogens with one attached hydrogen (secondary N) is 1. The highest BCUT2D eigenvalue weighted by Gasteiger charge is 2.24. The number of halogens is 2. The molecule has 1 aromatic rings. The van der Waals surface area contributed by atoms with Crippen molar-refractivity contribution < 1.29 is 9.47 Å². The first-order valence-electron chi connectivity index (χ1n) is 6.01. The SMILES string of the molecule is CNC(Cc1ccc(Cl)c(Cl)c1)C1COCCO1. The minimum atomic E-state index is 0.0817. The maximum absolute atomic E-state index is 6.02. The molecule has 1 aromatic carbocycles. The fourth-order valence-electron chi connectivity index (χ4n) is 2.08. The molecule has 0 amide bonds. The summed E-state index contributed by atoms with van der Waals surface area (Å²) in [4.78, 5) is 0. The lowest BCUT2D eigenvalue weighted by Crippen LogP contribution is -2.46. The zero-order valence-corrected chi connectivity index (χ0v) is 11.8. The van der Waals surface area contributed by atoms with Gasteiger partial charge in [-0.3, -0.25) is 0 Å². The lowest BCUT2D eigenvalue weighted by Gasteiger charge is -2.30. The van der Waals surface area contributed by atoms with Crippen molar-refractivity contribution in [2.24, 2.45) is 0 Å². The third kappa shape index (κ3) is 3.59. The van der Waals surface area contributed by atoms with Crippen LogP contribution in [0, 0.1) is 0 Å². The molecule has 1 aliphatic rings. The zero-order chi connectivity index (χ0) is 13.0. The van der Waals surface area contributed by atoms with Gasteiger partial charge in [0, 0.05) is 6.04 Å². The second kappa shape index (κ2) is 6.73. The quantitative estimate of drug-likeness (QED) is 0.924. The lowest BCUT2D eigenvalue weighted by atomic mass is 10.0. The molecule has 0 bridgehead atoms. The Balaban J connectivity index is 2.02. The molecule has 0 aliphatic carbocycles. The van der Waals surface area contributed by atoms with Crippen molar-refractivity contribution >= 4 is 23.2 Å². The van der Waals surface area contributed by atoms with Gasteiger partial charge in [-0.05, 0) is 31.2 Å². The lowest BCUT2D eigenvalue weighted by molar-refractivity contribution is -0.100. The summed E-state index contributed by atoms with van der Waals surface area (Å²) in [5.41, 5.74) is 1.14. The number of benzene rings is 1. The van der Waals surface area contributed by atoms with Gasteiger partial charge in [0.1, 0.15) is 0 Å². The standard InChI is InChI=1S/C13H17Cl2NO2/c1-16-12(13-8-17-4-5-18-13)7-9-2-3-10(14)11(15)6-9/h2-3,6,12-13,16H,4-5,7-8H2,1H3. The normalized spacial score (nSPS) is 21.8. The van der Waals surface area contributed by atoms with E-state index in [9.17, 15) is 0 Å². The smallest absolute Gasteiger partial charge is 0.0965 e. The van der Waals surface area contributed by atoms with Crippen molar-refractivity contribution in [1.82, 2.24) is 5.32 Å². The summed E-state index contributed by atoms with van der Waals surface area (Å²) in [6, 6.07) is 5.92. The third-order valence-electron chi connectivity index (χ3n) is 3.10. The van der Waals surface area contributed by atoms with Gasteiger partial charge in [-0.2, -0.15) is 0 Å². The van der Waals surface area contributed by atoms with Gasteiger partial charge in [-0.1, -0.05) is 29.3 Å². The van der Waals surface area contributed by atoms with Crippen LogP contribution in [-0.4, -0.2) is 39.0 Å². The maximum Gasteiger partial charge on any atom is 0.0965 e. The topological polar surface area (TPSA) is 30.5 Å². The van der Waals surface area contributed by atoms with Crippen LogP contribution in [0.3, 0.4) is 0 Å². The average molecular weight is 290 g/mol. The van der Waals surface area contributed by atoms with Crippen molar-refractivity contribution in [3.8, 4) is 0 Å². The molecule has 18 heavy (non-hydrogen) atoms. The van der Waals surface area contributed by atoms with Crippen molar-refractivity contribution in [1.29, 1.82) is 0 Å². The van der Waals surface area contributed by atoms with Crippen LogP contribution < -0.4 is 5.32 Å². The van der Waals surface area contributed by atoms with Crippen molar-refractivity contribution in [3.63, 3.8) is 0 Å². The highest BCUT2D eigenvalue weighted by Crippen LogP contribution is 2.23. The molecule has 100 valence electrons. The Labute approximate surface area is 117 Å². The molecule has 0 aromatic heterocycles. The van der Waals surface area contributed by atoms with E-state index in [2.05, 4.69) is 5.32 Å². The van der Waals surface area contributed by atoms with Crippen LogP contribution in [0.2, 0.25) is 10.0 Å². The molecular weight excluding hydrogens is 273 g/mol. The predicted molar refractivity (Wildman–Crippen MR) is 73.6 cm³/mol. The Kier molecular flexibility index (Phi) is 5.27. The first-order chi connectivity index (χ1) is 8.70. The monoisotopic (exact) mass is 289 g/mol. The Bertz CT molecular complexity index is 395. The average Bonchev–Trinajstić information content (AvgIpc) is 2.41. The number of hydrogen-bond acceptors (Lipinski definition) is 3. The number of ether oxygens (including phenoxy) is 2. The van der Waals surface area contributed by atoms with E-state index in [-0.39, 0.29) is 12.1 Å². The van der Waals surface area contributed by atoms with E-state index in [0.717, 1.165) is 12.0 Å². The molecule has 1 N–H and O–H groups in total. The molecule has 1 fully saturated rings. The fraction of sp³-hybridized carbons (Fsp3) is 0.538. The summed E-state index contributed by atoms with van der Waals surface area (Å²) in [7, 11) is 1.93. The van der Waals surface area contributed by atoms with Gasteiger partial charge in [-0.15, -0.1) is 0 Å². The first-order valence-corrected chi connectivity index (χ1v) is 6.77. The third-order valence-corrected chi connectivity index (χ3v) is 3.84. The van der Waals surface area contributed by atoms with Gasteiger partial charge in [0.25, 0.3) is 0 Å². The van der Waals surface area contributed by atoms with Crippen molar-refractivity contribution in [3.05, 3.63) is 33.8 Å². The van der Waals surface area contributed by atoms with Gasteiger partial charge >= 0.3 is 0 Å². The van der Waals surface area contributed by atoms with Crippen LogP contribution in [0.25, 0.3) is 0 Å². The van der Waals surface area contributed by atoms with E-state index in [4.69, 9.17) is 32.7 Å². The summed E-state index contributed by atoms with van der Waals surface area (Å²) in [5, 5.41) is 4.44. The summed E-state index contributed by atoms with van der Waals surface area (Å²) < 4.78 is 11.1. The molecule has 1 saturated heterocycles. The van der Waals surface area contributed by atoms with Gasteiger partial charge in [0.15, 0.2) is 0 Å². The molecule has 0 saturated carbocycles. The van der Waals surface area contributed by atoms with Crippen LogP contribution in [0.4, 0.5) is 0 Å². The molecule has 0 spiro atoms. The second-order valence-electron chi connectivity index (χ2n) is 4.33. The number of hydrogen-bond donors (Lipinski definition) is 1. The molecule has 1 heterocycles. The summed E-state index contributed by atoms with van der Waals surface area (Å²) in [6.07, 6.45) is 0.916. The van der Waals surface area contributed by atoms with E-state index in [1.165, 1.54) is 0 Å². The Morgan fingerprint density at radius 2 is 2.17 bits per heavy atom. The van der Waals surface area contributed by atoms with E-state index in [1.807, 2.05) is 25.2 Å². The molecule has 2 rings (SSSR count). The highest BCUT2D eigenvalue weighted by atomic mass is 35.5. The molecule has 1 aliphatic heterocycles. The first kappa shape index (κ1) is 14.1. The van der Waals surface area contributed by atoms with Crippen LogP contribution in [0.5, 0.6) is 0 Å². The molecule has 2 unspecified atom stereocenters. The minimum Gasteiger partial charge on any atom is -0.376 e. The zero-order valence-electron chi connectivity index (χ0n) is 10.3. The molecule has 5 heteroatoms. The van der Waals surface area contributed by atoms with E-state index in [1.54, 1.807) is 0 Å². The largest absolute Gasteiger partial charge is 0.376 e. The summed E-state index contributed by atoms with van der Waals surface area (Å²) in [5.74, 6) is 0. The van der Waals surface area contributed by atoms with Crippen molar-refractivity contribution in [2.45, 2.75) is 18.6 Å². The fourth-order valence-corrected chi connectivity index (χ4v) is 2.40. The van der Waals surface area contributed by atoms with E-state index < -0.39 is 0 Å². The second-order valence-corrected chi connectivity index (χ2v) is 5.15. The predicted octanol–water partition coefficient (Wildman–Crippen LogP) is 2.54. The maximum atomic E-state index is 6.02. The molecule has 2 atom stereocenters. The van der Waals surface area contributed by atoms with Crippen LogP contribution in [0.1, 0.15) is 5.56 Å². The minimum absolute atomic E-state index is 0.0817. The van der Waals surface area contributed by atoms with Crippen LogP contribution in [-0.2, 0) is 15.9 Å². The van der Waals surface area contributed by atoms with E-state index in [0.29, 0.717) is 29.9 Å². The Morgan fingerprint density at radius 1 is 1.33 bits per heavy atom. The van der Waals surface area contributed by atoms with Gasteiger partial charge in [-0.25, -0.2) is 0 Å². The summed E-state index contributed by atoms with van der Waals surface area (Å²) in [6.45, 7) is 1.97. The van der Waals surface area contributed by atoms with Crippen LogP contribution >= 0.6 is 23.2 Å². The summed E-state index contributed by atoms with van der Waals surface area (Å²) >= 11 is 11.9. The van der Waals surface area contributed by atoms with Gasteiger partial charge in [0.05, 0.1) is 36.0 Å².